The van der Waals surface area contributed by atoms with Crippen LogP contribution in [-0.2, 0) is 12.0 Å². The van der Waals surface area contributed by atoms with Crippen molar-refractivity contribution in [2.45, 2.75) is 51.5 Å². The molecule has 2 aromatic rings. The Labute approximate surface area is 135 Å². The summed E-state index contributed by atoms with van der Waals surface area (Å²) in [6.45, 7) is 7.83. The van der Waals surface area contributed by atoms with Gasteiger partial charge in [0, 0.05) is 16.4 Å². The summed E-state index contributed by atoms with van der Waals surface area (Å²) in [5.41, 5.74) is 2.65. The van der Waals surface area contributed by atoms with Crippen LogP contribution >= 0.6 is 15.9 Å². The number of aryl methyl sites for hydroxylation is 1. The lowest BCUT2D eigenvalue weighted by molar-refractivity contribution is 0.274. The first-order valence-corrected chi connectivity index (χ1v) is 8.86. The van der Waals surface area contributed by atoms with Crippen LogP contribution in [0.25, 0.3) is 11.0 Å². The summed E-state index contributed by atoms with van der Waals surface area (Å²) in [4.78, 5) is 5.06. The van der Waals surface area contributed by atoms with E-state index in [1.807, 2.05) is 0 Å². The topological polar surface area (TPSA) is 29.9 Å². The van der Waals surface area contributed by atoms with Gasteiger partial charge in [-0.05, 0) is 57.0 Å². The molecule has 0 aliphatic carbocycles. The van der Waals surface area contributed by atoms with Gasteiger partial charge in [0.2, 0.25) is 0 Å². The molecule has 1 saturated heterocycles. The largest absolute Gasteiger partial charge is 0.328 e. The van der Waals surface area contributed by atoms with Crippen molar-refractivity contribution in [3.63, 3.8) is 0 Å². The summed E-state index contributed by atoms with van der Waals surface area (Å²) < 4.78 is 3.58. The van der Waals surface area contributed by atoms with E-state index in [2.05, 4.69) is 57.9 Å². The molecule has 0 atom stereocenters. The SMILES string of the molecule is CCCn1c(C2(CC)CCNCC2)nc2cc(Br)ccc21. The van der Waals surface area contributed by atoms with Crippen LogP contribution in [0.1, 0.15) is 45.4 Å². The Kier molecular flexibility index (Phi) is 4.36. The van der Waals surface area contributed by atoms with Gasteiger partial charge in [0.15, 0.2) is 0 Å². The van der Waals surface area contributed by atoms with Crippen LogP contribution in [0.5, 0.6) is 0 Å². The molecule has 1 aliphatic rings. The average Bonchev–Trinajstić information content (AvgIpc) is 2.87. The summed E-state index contributed by atoms with van der Waals surface area (Å²) in [7, 11) is 0. The van der Waals surface area contributed by atoms with Gasteiger partial charge in [-0.1, -0.05) is 29.8 Å². The second-order valence-electron chi connectivity index (χ2n) is 6.10. The second kappa shape index (κ2) is 6.09. The average molecular weight is 350 g/mol. The number of piperidine rings is 1. The Morgan fingerprint density at radius 2 is 2.05 bits per heavy atom. The first-order valence-electron chi connectivity index (χ1n) is 8.07. The Hall–Kier alpha value is -0.870. The van der Waals surface area contributed by atoms with Crippen LogP contribution in [0.15, 0.2) is 22.7 Å². The van der Waals surface area contributed by atoms with Crippen LogP contribution in [0, 0.1) is 0 Å². The molecule has 0 spiro atoms. The van der Waals surface area contributed by atoms with Crippen molar-refractivity contribution in [1.29, 1.82) is 0 Å². The van der Waals surface area contributed by atoms with Gasteiger partial charge in [0.1, 0.15) is 5.82 Å². The summed E-state index contributed by atoms with van der Waals surface area (Å²) in [5, 5.41) is 3.49. The Morgan fingerprint density at radius 1 is 1.29 bits per heavy atom. The van der Waals surface area contributed by atoms with E-state index in [0.717, 1.165) is 36.0 Å². The van der Waals surface area contributed by atoms with E-state index in [0.29, 0.717) is 0 Å². The highest BCUT2D eigenvalue weighted by Gasteiger charge is 2.36. The van der Waals surface area contributed by atoms with Gasteiger partial charge in [-0.2, -0.15) is 0 Å². The van der Waals surface area contributed by atoms with Crippen LogP contribution in [-0.4, -0.2) is 22.6 Å². The molecule has 1 N–H and O–H groups in total. The lowest BCUT2D eigenvalue weighted by atomic mass is 9.76. The lowest BCUT2D eigenvalue weighted by Gasteiger charge is -2.36. The zero-order valence-electron chi connectivity index (χ0n) is 13.0. The maximum absolute atomic E-state index is 5.06. The molecule has 0 amide bonds. The van der Waals surface area contributed by atoms with Crippen molar-refractivity contribution in [2.75, 3.05) is 13.1 Å². The van der Waals surface area contributed by atoms with E-state index in [1.165, 1.54) is 30.6 Å². The molecule has 0 unspecified atom stereocenters. The highest BCUT2D eigenvalue weighted by atomic mass is 79.9. The van der Waals surface area contributed by atoms with Gasteiger partial charge in [-0.25, -0.2) is 4.98 Å². The zero-order chi connectivity index (χ0) is 14.9. The van der Waals surface area contributed by atoms with Gasteiger partial charge >= 0.3 is 0 Å². The van der Waals surface area contributed by atoms with Gasteiger partial charge < -0.3 is 9.88 Å². The van der Waals surface area contributed by atoms with Crippen molar-refractivity contribution in [3.05, 3.63) is 28.5 Å². The number of imidazole rings is 1. The molecule has 4 heteroatoms. The molecule has 3 nitrogen and oxygen atoms in total. The monoisotopic (exact) mass is 349 g/mol. The minimum atomic E-state index is 0.242. The second-order valence-corrected chi connectivity index (χ2v) is 7.02. The normalized spacial score (nSPS) is 18.2. The number of hydrogen-bond donors (Lipinski definition) is 1. The van der Waals surface area contributed by atoms with Crippen molar-refractivity contribution >= 4 is 27.0 Å². The first kappa shape index (κ1) is 15.0. The number of benzene rings is 1. The van der Waals surface area contributed by atoms with E-state index in [4.69, 9.17) is 4.98 Å². The predicted octanol–water partition coefficient (Wildman–Crippen LogP) is 4.24. The number of hydrogen-bond acceptors (Lipinski definition) is 2. The maximum atomic E-state index is 5.06. The molecule has 1 fully saturated rings. The molecular weight excluding hydrogens is 326 g/mol. The van der Waals surface area contributed by atoms with Gasteiger partial charge in [0.05, 0.1) is 11.0 Å². The fourth-order valence-electron chi connectivity index (χ4n) is 3.60. The highest BCUT2D eigenvalue weighted by Crippen LogP contribution is 2.38. The maximum Gasteiger partial charge on any atom is 0.116 e. The van der Waals surface area contributed by atoms with Gasteiger partial charge in [-0.3, -0.25) is 0 Å². The number of nitrogens with one attached hydrogen (secondary N) is 1. The lowest BCUT2D eigenvalue weighted by Crippen LogP contribution is -2.41. The van der Waals surface area contributed by atoms with Gasteiger partial charge in [-0.15, -0.1) is 0 Å². The van der Waals surface area contributed by atoms with E-state index in [1.54, 1.807) is 0 Å². The third-order valence-electron chi connectivity index (χ3n) is 4.87. The third-order valence-corrected chi connectivity index (χ3v) is 5.36. The van der Waals surface area contributed by atoms with Crippen molar-refractivity contribution < 1.29 is 0 Å². The summed E-state index contributed by atoms with van der Waals surface area (Å²) in [6, 6.07) is 6.48. The van der Waals surface area contributed by atoms with Crippen LogP contribution in [0.3, 0.4) is 0 Å². The van der Waals surface area contributed by atoms with Crippen molar-refractivity contribution in [1.82, 2.24) is 14.9 Å². The quantitative estimate of drug-likeness (QED) is 0.894. The van der Waals surface area contributed by atoms with Crippen LogP contribution in [0.4, 0.5) is 0 Å². The number of aromatic nitrogens is 2. The number of fused-ring (bicyclic) bond motifs is 1. The number of halogens is 1. The summed E-state index contributed by atoms with van der Waals surface area (Å²) >= 11 is 3.57. The van der Waals surface area contributed by atoms with E-state index < -0.39 is 0 Å². The molecule has 1 aromatic heterocycles. The third kappa shape index (κ3) is 2.64. The molecule has 1 aliphatic heterocycles. The minimum absolute atomic E-state index is 0.242. The van der Waals surface area contributed by atoms with Crippen molar-refractivity contribution in [2.24, 2.45) is 0 Å². The van der Waals surface area contributed by atoms with Gasteiger partial charge in [0.25, 0.3) is 0 Å². The molecule has 0 radical (unpaired) electrons. The minimum Gasteiger partial charge on any atom is -0.328 e. The van der Waals surface area contributed by atoms with Crippen molar-refractivity contribution in [3.8, 4) is 0 Å². The fourth-order valence-corrected chi connectivity index (χ4v) is 3.95. The summed E-state index contributed by atoms with van der Waals surface area (Å²) in [5.74, 6) is 1.31. The Balaban J connectivity index is 2.17. The standard InChI is InChI=1S/C17H24BrN3/c1-3-11-21-15-6-5-13(18)12-14(15)20-16(21)17(4-2)7-9-19-10-8-17/h5-6,12,19H,3-4,7-11H2,1-2H3. The predicted molar refractivity (Wildman–Crippen MR) is 91.8 cm³/mol. The molecule has 1 aromatic carbocycles. The van der Waals surface area contributed by atoms with E-state index in [9.17, 15) is 0 Å². The molecule has 114 valence electrons. The molecule has 21 heavy (non-hydrogen) atoms. The van der Waals surface area contributed by atoms with Crippen LogP contribution < -0.4 is 5.32 Å². The smallest absolute Gasteiger partial charge is 0.116 e. The Bertz CT molecular complexity index is 626. The zero-order valence-corrected chi connectivity index (χ0v) is 14.5. The molecule has 0 saturated carbocycles. The van der Waals surface area contributed by atoms with E-state index >= 15 is 0 Å². The number of nitrogens with zero attached hydrogens (tertiary/aromatic N) is 2. The first-order chi connectivity index (χ1) is 10.2. The fraction of sp³-hybridized carbons (Fsp3) is 0.588. The molecule has 0 bridgehead atoms. The Morgan fingerprint density at radius 3 is 2.71 bits per heavy atom. The van der Waals surface area contributed by atoms with Crippen LogP contribution in [0.2, 0.25) is 0 Å². The molecular formula is C17H24BrN3. The highest BCUT2D eigenvalue weighted by molar-refractivity contribution is 9.10. The number of rotatable bonds is 4. The van der Waals surface area contributed by atoms with E-state index in [-0.39, 0.29) is 5.41 Å². The molecule has 3 rings (SSSR count). The molecule has 2 heterocycles. The summed E-state index contributed by atoms with van der Waals surface area (Å²) in [6.07, 6.45) is 4.70.